The van der Waals surface area contributed by atoms with Crippen molar-refractivity contribution in [2.75, 3.05) is 9.80 Å². The number of aromatic nitrogens is 2. The van der Waals surface area contributed by atoms with E-state index in [1.807, 2.05) is 69.3 Å². The third kappa shape index (κ3) is 4.76. The highest BCUT2D eigenvalue weighted by Gasteiger charge is 2.68. The van der Waals surface area contributed by atoms with Crippen LogP contribution < -0.4 is 9.80 Å². The Kier molecular flexibility index (Phi) is 7.75. The van der Waals surface area contributed by atoms with Crippen LogP contribution in [0, 0.1) is 36.0 Å². The van der Waals surface area contributed by atoms with Gasteiger partial charge in [0.05, 0.1) is 39.7 Å². The van der Waals surface area contributed by atoms with Crippen molar-refractivity contribution in [2.45, 2.75) is 52.6 Å². The van der Waals surface area contributed by atoms with Gasteiger partial charge in [0, 0.05) is 22.8 Å². The van der Waals surface area contributed by atoms with E-state index in [0.29, 0.717) is 40.2 Å². The summed E-state index contributed by atoms with van der Waals surface area (Å²) in [6, 6.07) is 18.4. The van der Waals surface area contributed by atoms with Gasteiger partial charge in [0.15, 0.2) is 0 Å². The van der Waals surface area contributed by atoms with Crippen LogP contribution in [0.25, 0.3) is 20.7 Å². The van der Waals surface area contributed by atoms with Crippen molar-refractivity contribution in [1.82, 2.24) is 9.78 Å². The molecule has 9 rings (SSSR count). The molecule has 0 spiro atoms. The number of allylic oxidation sites excluding steroid dienone is 2. The van der Waals surface area contributed by atoms with Crippen LogP contribution in [0.1, 0.15) is 55.3 Å². The third-order valence-electron chi connectivity index (χ3n) is 12.2. The molecule has 0 radical (unpaired) electrons. The molecule has 2 aromatic carbocycles. The van der Waals surface area contributed by atoms with E-state index >= 15 is 0 Å². The Morgan fingerprint density at radius 1 is 0.981 bits per heavy atom. The predicted octanol–water partition coefficient (Wildman–Crippen LogP) is 7.35. The number of aryl methyl sites for hydroxylation is 3. The summed E-state index contributed by atoms with van der Waals surface area (Å²) in [7, 11) is 1.72. The molecule has 3 aromatic heterocycles. The molecule has 4 amide bonds. The lowest BCUT2D eigenvalue weighted by Crippen LogP contribution is -2.48. The Hall–Kier alpha value is -4.84. The van der Waals surface area contributed by atoms with E-state index in [1.54, 1.807) is 41.3 Å². The topological polar surface area (TPSA) is 126 Å². The van der Waals surface area contributed by atoms with Gasteiger partial charge in [0.2, 0.25) is 23.6 Å². The largest absolute Gasteiger partial charge is 0.463 e. The molecule has 2 aliphatic carbocycles. The summed E-state index contributed by atoms with van der Waals surface area (Å²) in [5.74, 6) is -3.49. The Morgan fingerprint density at radius 3 is 2.47 bits per heavy atom. The maximum absolute atomic E-state index is 15.0. The van der Waals surface area contributed by atoms with Crippen molar-refractivity contribution in [3.8, 4) is 10.6 Å². The van der Waals surface area contributed by atoms with Crippen LogP contribution in [0.2, 0.25) is 5.02 Å². The molecular weight excluding hydrogens is 712 g/mol. The van der Waals surface area contributed by atoms with E-state index in [9.17, 15) is 24.3 Å². The summed E-state index contributed by atoms with van der Waals surface area (Å²) >= 11 is 7.88. The number of rotatable bonds is 6. The normalized spacial score (nSPS) is 26.8. The number of furan rings is 1. The molecule has 6 atom stereocenters. The molecule has 4 aliphatic rings. The lowest BCUT2D eigenvalue weighted by atomic mass is 9.52. The van der Waals surface area contributed by atoms with Crippen LogP contribution in [0.15, 0.2) is 76.7 Å². The first-order valence-electron chi connectivity index (χ1n) is 17.9. The lowest BCUT2D eigenvalue weighted by molar-refractivity contribution is -0.131. The number of anilines is 2. The minimum atomic E-state index is -1.28. The monoisotopic (exact) mass is 748 g/mol. The average molecular weight is 749 g/mol. The van der Waals surface area contributed by atoms with Gasteiger partial charge in [0.25, 0.3) is 0 Å². The highest BCUT2D eigenvalue weighted by Crippen LogP contribution is 2.64. The molecule has 1 N–H and O–H groups in total. The SMILES string of the molecule is CCc1ccc(N2C(=O)[C@H]3[C@H](CC=C4[C@H]3C[C@H]3C(=O)N(c5cc(-c6sc7ccc(Cl)cc7c6C)nn5C)C(=O)[C@@]3(C)[C@H]4c3ccc(CO)o3)C2=O)cc1. The number of carbonyl (C=O) groups is 4. The predicted molar refractivity (Wildman–Crippen MR) is 201 cm³/mol. The van der Waals surface area contributed by atoms with E-state index in [4.69, 9.17) is 21.1 Å². The molecule has 2 saturated heterocycles. The van der Waals surface area contributed by atoms with Gasteiger partial charge in [-0.2, -0.15) is 5.10 Å². The number of benzene rings is 2. The summed E-state index contributed by atoms with van der Waals surface area (Å²) in [6.07, 6.45) is 3.37. The van der Waals surface area contributed by atoms with Crippen LogP contribution in [0.4, 0.5) is 11.5 Å². The fourth-order valence-corrected chi connectivity index (χ4v) is 10.8. The number of aliphatic hydroxyl groups excluding tert-OH is 1. The second-order valence-electron chi connectivity index (χ2n) is 14.9. The van der Waals surface area contributed by atoms with Crippen molar-refractivity contribution in [1.29, 1.82) is 0 Å². The third-order valence-corrected chi connectivity index (χ3v) is 13.7. The van der Waals surface area contributed by atoms with Crippen LogP contribution in [0.3, 0.4) is 0 Å². The van der Waals surface area contributed by atoms with Crippen LogP contribution in [-0.4, -0.2) is 38.5 Å². The Bertz CT molecular complexity index is 2420. The molecule has 1 saturated carbocycles. The highest BCUT2D eigenvalue weighted by atomic mass is 35.5. The van der Waals surface area contributed by atoms with Gasteiger partial charge in [-0.25, -0.2) is 4.90 Å². The smallest absolute Gasteiger partial charge is 0.242 e. The number of fused-ring (bicyclic) bond motifs is 5. The number of thiophene rings is 1. The molecule has 5 aromatic rings. The first-order valence-corrected chi connectivity index (χ1v) is 19.1. The molecule has 5 heterocycles. The van der Waals surface area contributed by atoms with Gasteiger partial charge in [-0.1, -0.05) is 42.3 Å². The standard InChI is InChI=1S/C41H37ClN4O6S/c1-5-21-6-9-23(10-7-21)45-37(48)26-13-12-25-28(34(26)39(45)50)17-29-38(49)46(40(51)41(29,3)35(25)31-14-11-24(19-47)52-31)33-18-30(43-44(33)4)36-20(2)27-16-22(42)8-15-32(27)53-36/h6-12,14-16,18,26,28-29,34-35,47H,5,13,17,19H2,1-4H3/t26-,28+,29-,34-,35+,41+/m0/s1. The number of halogens is 1. The van der Waals surface area contributed by atoms with Crippen molar-refractivity contribution in [3.05, 3.63) is 100.0 Å². The van der Waals surface area contributed by atoms with E-state index in [1.165, 1.54) is 9.80 Å². The van der Waals surface area contributed by atoms with Crippen LogP contribution >= 0.6 is 22.9 Å². The van der Waals surface area contributed by atoms with Crippen molar-refractivity contribution in [3.63, 3.8) is 0 Å². The lowest BCUT2D eigenvalue weighted by Gasteiger charge is -2.48. The van der Waals surface area contributed by atoms with Crippen LogP contribution in [-0.2, 0) is 39.3 Å². The van der Waals surface area contributed by atoms with Gasteiger partial charge in [-0.05, 0) is 98.0 Å². The minimum Gasteiger partial charge on any atom is -0.463 e. The summed E-state index contributed by atoms with van der Waals surface area (Å²) < 4.78 is 8.78. The summed E-state index contributed by atoms with van der Waals surface area (Å²) in [5, 5.41) is 16.4. The fourth-order valence-electron chi connectivity index (χ4n) is 9.52. The number of aliphatic hydroxyl groups is 1. The van der Waals surface area contributed by atoms with E-state index in [2.05, 4.69) is 0 Å². The molecule has 270 valence electrons. The maximum atomic E-state index is 15.0. The number of amides is 4. The van der Waals surface area contributed by atoms with Gasteiger partial charge in [-0.15, -0.1) is 11.3 Å². The number of nitrogens with zero attached hydrogens (tertiary/aromatic N) is 4. The van der Waals surface area contributed by atoms with Crippen LogP contribution in [0.5, 0.6) is 0 Å². The van der Waals surface area contributed by atoms with E-state index in [0.717, 1.165) is 38.1 Å². The first kappa shape index (κ1) is 34.0. The Balaban J connectivity index is 1.13. The average Bonchev–Trinajstić information content (AvgIpc) is 3.95. The molecule has 0 bridgehead atoms. The van der Waals surface area contributed by atoms with Gasteiger partial charge in [-0.3, -0.25) is 28.8 Å². The number of carbonyl (C=O) groups excluding carboxylic acids is 4. The molecular formula is C41H37ClN4O6S. The van der Waals surface area contributed by atoms with Crippen molar-refractivity contribution in [2.24, 2.45) is 36.1 Å². The zero-order valence-corrected chi connectivity index (χ0v) is 31.2. The molecule has 3 fully saturated rings. The zero-order chi connectivity index (χ0) is 37.1. The maximum Gasteiger partial charge on any atom is 0.242 e. The van der Waals surface area contributed by atoms with Gasteiger partial charge >= 0.3 is 0 Å². The van der Waals surface area contributed by atoms with E-state index < -0.39 is 35.0 Å². The first-order chi connectivity index (χ1) is 25.5. The quantitative estimate of drug-likeness (QED) is 0.142. The Morgan fingerprint density at radius 2 is 1.75 bits per heavy atom. The summed E-state index contributed by atoms with van der Waals surface area (Å²) in [6.45, 7) is 5.53. The van der Waals surface area contributed by atoms with Gasteiger partial charge < -0.3 is 9.52 Å². The zero-order valence-electron chi connectivity index (χ0n) is 29.6. The number of hydrogen-bond donors (Lipinski definition) is 1. The molecule has 0 unspecified atom stereocenters. The molecule has 10 nitrogen and oxygen atoms in total. The van der Waals surface area contributed by atoms with Crippen molar-refractivity contribution < 1.29 is 28.7 Å². The Labute approximate surface area is 314 Å². The van der Waals surface area contributed by atoms with E-state index in [-0.39, 0.29) is 36.7 Å². The second-order valence-corrected chi connectivity index (χ2v) is 16.4. The molecule has 53 heavy (non-hydrogen) atoms. The molecule has 2 aliphatic heterocycles. The van der Waals surface area contributed by atoms with Gasteiger partial charge in [0.1, 0.15) is 29.6 Å². The minimum absolute atomic E-state index is 0.219. The van der Waals surface area contributed by atoms with Crippen molar-refractivity contribution >= 4 is 68.2 Å². The second kappa shape index (κ2) is 12.1. The number of hydrogen-bond acceptors (Lipinski definition) is 8. The summed E-state index contributed by atoms with van der Waals surface area (Å²) in [5.41, 5.74) is 2.81. The summed E-state index contributed by atoms with van der Waals surface area (Å²) in [4.78, 5) is 61.6. The fraction of sp³-hybridized carbons (Fsp3) is 0.341. The highest BCUT2D eigenvalue weighted by molar-refractivity contribution is 7.22. The number of imide groups is 2. The molecule has 12 heteroatoms.